The van der Waals surface area contributed by atoms with Gasteiger partial charge in [-0.25, -0.2) is 0 Å². The van der Waals surface area contributed by atoms with Crippen molar-refractivity contribution in [2.75, 3.05) is 6.61 Å². The molecule has 0 spiro atoms. The molecule has 28 heavy (non-hydrogen) atoms. The number of carbonyl (C=O) groups is 1. The van der Waals surface area contributed by atoms with E-state index in [2.05, 4.69) is 27.4 Å². The second-order valence-electron chi connectivity index (χ2n) is 9.74. The zero-order valence-corrected chi connectivity index (χ0v) is 17.3. The van der Waals surface area contributed by atoms with Gasteiger partial charge in [0, 0.05) is 12.0 Å². The molecule has 152 valence electrons. The average Bonchev–Trinajstić information content (AvgIpc) is 2.64. The van der Waals surface area contributed by atoms with Gasteiger partial charge in [0.15, 0.2) is 0 Å². The van der Waals surface area contributed by atoms with Gasteiger partial charge in [0.25, 0.3) is 0 Å². The number of hydrogen-bond donors (Lipinski definition) is 1. The van der Waals surface area contributed by atoms with Crippen molar-refractivity contribution in [2.24, 2.45) is 22.7 Å². The van der Waals surface area contributed by atoms with Crippen LogP contribution in [0.2, 0.25) is 0 Å². The quantitative estimate of drug-likeness (QED) is 0.467. The number of carbonyl (C=O) groups excluding carboxylic acids is 1. The Morgan fingerprint density at radius 1 is 1.21 bits per heavy atom. The highest BCUT2D eigenvalue weighted by Crippen LogP contribution is 2.60. The molecule has 2 fully saturated rings. The highest BCUT2D eigenvalue weighted by Gasteiger charge is 2.56. The van der Waals surface area contributed by atoms with Crippen LogP contribution in [0.5, 0.6) is 11.5 Å². The minimum Gasteiger partial charge on any atom is -0.493 e. The molecule has 4 unspecified atom stereocenters. The summed E-state index contributed by atoms with van der Waals surface area (Å²) in [6, 6.07) is 5.81. The van der Waals surface area contributed by atoms with Crippen LogP contribution >= 0.6 is 0 Å². The Kier molecular flexibility index (Phi) is 4.81. The standard InChI is InChI=1S/C24H32O4/c1-15-5-9-20-23(2,3)21(25)11-12-24(20,4)18(15)14-27-17-8-6-16-7-10-22(26)28-19(16)13-17/h6,8,13,18,20-21,25H,1,5,7,9-12,14H2,2-4H3. The van der Waals surface area contributed by atoms with Crippen molar-refractivity contribution in [1.29, 1.82) is 0 Å². The molecule has 0 bridgehead atoms. The monoisotopic (exact) mass is 384 g/mol. The molecule has 1 aromatic carbocycles. The average molecular weight is 385 g/mol. The first-order chi connectivity index (χ1) is 13.2. The molecule has 0 saturated heterocycles. The summed E-state index contributed by atoms with van der Waals surface area (Å²) in [5.41, 5.74) is 2.31. The van der Waals surface area contributed by atoms with Crippen LogP contribution in [0.4, 0.5) is 0 Å². The van der Waals surface area contributed by atoms with Crippen LogP contribution in [0.25, 0.3) is 0 Å². The zero-order valence-electron chi connectivity index (χ0n) is 17.3. The van der Waals surface area contributed by atoms with Crippen molar-refractivity contribution in [3.63, 3.8) is 0 Å². The number of fused-ring (bicyclic) bond motifs is 2. The minimum absolute atomic E-state index is 0.0821. The van der Waals surface area contributed by atoms with Gasteiger partial charge >= 0.3 is 5.97 Å². The van der Waals surface area contributed by atoms with Gasteiger partial charge in [-0.15, -0.1) is 0 Å². The third-order valence-corrected chi connectivity index (χ3v) is 7.83. The molecular formula is C24H32O4. The summed E-state index contributed by atoms with van der Waals surface area (Å²) in [5, 5.41) is 10.6. The Bertz CT molecular complexity index is 796. The van der Waals surface area contributed by atoms with Crippen LogP contribution in [0.3, 0.4) is 0 Å². The summed E-state index contributed by atoms with van der Waals surface area (Å²) in [5.74, 6) is 1.90. The molecule has 4 heteroatoms. The molecule has 2 aliphatic carbocycles. The summed E-state index contributed by atoms with van der Waals surface area (Å²) in [6.45, 7) is 11.7. The van der Waals surface area contributed by atoms with E-state index in [4.69, 9.17) is 9.47 Å². The topological polar surface area (TPSA) is 55.8 Å². The number of esters is 1. The molecule has 4 atom stereocenters. The summed E-state index contributed by atoms with van der Waals surface area (Å²) in [7, 11) is 0. The van der Waals surface area contributed by atoms with E-state index in [1.807, 2.05) is 18.2 Å². The number of hydrogen-bond acceptors (Lipinski definition) is 4. The van der Waals surface area contributed by atoms with Crippen LogP contribution in [-0.2, 0) is 11.2 Å². The van der Waals surface area contributed by atoms with Crippen molar-refractivity contribution in [3.8, 4) is 11.5 Å². The van der Waals surface area contributed by atoms with Crippen LogP contribution in [-0.4, -0.2) is 23.8 Å². The maximum Gasteiger partial charge on any atom is 0.311 e. The fourth-order valence-electron chi connectivity index (χ4n) is 5.99. The first-order valence-corrected chi connectivity index (χ1v) is 10.5. The van der Waals surface area contributed by atoms with Gasteiger partial charge in [0.2, 0.25) is 0 Å². The molecule has 0 aromatic heterocycles. The lowest BCUT2D eigenvalue weighted by Crippen LogP contribution is -2.55. The Balaban J connectivity index is 1.53. The molecular weight excluding hydrogens is 352 g/mol. The number of benzene rings is 1. The first kappa shape index (κ1) is 19.5. The molecule has 1 N–H and O–H groups in total. The molecule has 4 rings (SSSR count). The molecule has 0 radical (unpaired) electrons. The van der Waals surface area contributed by atoms with Crippen LogP contribution in [0, 0.1) is 22.7 Å². The SMILES string of the molecule is C=C1CCC2C(C)(C)C(O)CCC2(C)C1COc1ccc2c(c1)OC(=O)CC2. The van der Waals surface area contributed by atoms with Crippen molar-refractivity contribution >= 4 is 5.97 Å². The van der Waals surface area contributed by atoms with Gasteiger partial charge < -0.3 is 14.6 Å². The largest absolute Gasteiger partial charge is 0.493 e. The molecule has 1 aromatic rings. The summed E-state index contributed by atoms with van der Waals surface area (Å²) in [6.07, 6.45) is 4.84. The van der Waals surface area contributed by atoms with Gasteiger partial charge in [0.1, 0.15) is 11.5 Å². The predicted octanol–water partition coefficient (Wildman–Crippen LogP) is 4.69. The van der Waals surface area contributed by atoms with E-state index in [9.17, 15) is 9.90 Å². The summed E-state index contributed by atoms with van der Waals surface area (Å²) in [4.78, 5) is 11.6. The van der Waals surface area contributed by atoms with Gasteiger partial charge in [-0.05, 0) is 60.5 Å². The molecule has 3 aliphatic rings. The minimum atomic E-state index is -0.242. The van der Waals surface area contributed by atoms with Crippen LogP contribution < -0.4 is 9.47 Å². The molecule has 1 heterocycles. The Morgan fingerprint density at radius 3 is 2.79 bits per heavy atom. The van der Waals surface area contributed by atoms with E-state index >= 15 is 0 Å². The van der Waals surface area contributed by atoms with Crippen molar-refractivity contribution in [1.82, 2.24) is 0 Å². The molecule has 4 nitrogen and oxygen atoms in total. The fourth-order valence-corrected chi connectivity index (χ4v) is 5.99. The second-order valence-corrected chi connectivity index (χ2v) is 9.74. The van der Waals surface area contributed by atoms with Crippen LogP contribution in [0.15, 0.2) is 30.4 Å². The Labute approximate surface area is 167 Å². The molecule has 0 amide bonds. The van der Waals surface area contributed by atoms with Crippen molar-refractivity contribution < 1.29 is 19.4 Å². The number of ether oxygens (including phenoxy) is 2. The first-order valence-electron chi connectivity index (χ1n) is 10.5. The third kappa shape index (κ3) is 3.16. The highest BCUT2D eigenvalue weighted by molar-refractivity contribution is 5.75. The van der Waals surface area contributed by atoms with Crippen molar-refractivity contribution in [2.45, 2.75) is 65.4 Å². The van der Waals surface area contributed by atoms with Crippen LogP contribution in [0.1, 0.15) is 58.4 Å². The van der Waals surface area contributed by atoms with E-state index in [0.717, 1.165) is 43.4 Å². The van der Waals surface area contributed by atoms with Gasteiger partial charge in [-0.2, -0.15) is 0 Å². The lowest BCUT2D eigenvalue weighted by Gasteiger charge is -2.59. The number of aryl methyl sites for hydroxylation is 1. The zero-order chi connectivity index (χ0) is 20.1. The summed E-state index contributed by atoms with van der Waals surface area (Å²) < 4.78 is 11.6. The Hall–Kier alpha value is -1.81. The fraction of sp³-hybridized carbons (Fsp3) is 0.625. The lowest BCUT2D eigenvalue weighted by molar-refractivity contribution is -0.135. The number of aliphatic hydroxyl groups excluding tert-OH is 1. The van der Waals surface area contributed by atoms with E-state index in [1.54, 1.807) is 0 Å². The van der Waals surface area contributed by atoms with E-state index < -0.39 is 0 Å². The second kappa shape index (κ2) is 6.91. The lowest BCUT2D eigenvalue weighted by atomic mass is 9.47. The Morgan fingerprint density at radius 2 is 2.00 bits per heavy atom. The third-order valence-electron chi connectivity index (χ3n) is 7.83. The number of rotatable bonds is 3. The molecule has 1 aliphatic heterocycles. The highest BCUT2D eigenvalue weighted by atomic mass is 16.5. The normalized spacial score (nSPS) is 34.2. The maximum atomic E-state index is 11.6. The maximum absolute atomic E-state index is 11.6. The summed E-state index contributed by atoms with van der Waals surface area (Å²) >= 11 is 0. The van der Waals surface area contributed by atoms with Gasteiger partial charge in [-0.3, -0.25) is 4.79 Å². The molecule has 2 saturated carbocycles. The van der Waals surface area contributed by atoms with E-state index in [0.29, 0.717) is 24.7 Å². The predicted molar refractivity (Wildman–Crippen MR) is 108 cm³/mol. The smallest absolute Gasteiger partial charge is 0.311 e. The number of aliphatic hydroxyl groups is 1. The van der Waals surface area contributed by atoms with E-state index in [1.165, 1.54) is 5.57 Å². The van der Waals surface area contributed by atoms with Gasteiger partial charge in [-0.1, -0.05) is 39.0 Å². The van der Waals surface area contributed by atoms with Gasteiger partial charge in [0.05, 0.1) is 19.1 Å². The van der Waals surface area contributed by atoms with Crippen molar-refractivity contribution in [3.05, 3.63) is 35.9 Å². The van der Waals surface area contributed by atoms with E-state index in [-0.39, 0.29) is 28.8 Å².